The van der Waals surface area contributed by atoms with Crippen molar-refractivity contribution in [2.45, 2.75) is 18.6 Å². The number of hydrogen-bond acceptors (Lipinski definition) is 7. The van der Waals surface area contributed by atoms with Crippen LogP contribution in [0.15, 0.2) is 42.5 Å². The number of benzene rings is 2. The first-order valence-electron chi connectivity index (χ1n) is 9.18. The number of nitrogens with one attached hydrogen (secondary N) is 2. The highest BCUT2D eigenvalue weighted by Crippen LogP contribution is 2.27. The third-order valence-electron chi connectivity index (χ3n) is 4.49. The van der Waals surface area contributed by atoms with Crippen molar-refractivity contribution in [3.63, 3.8) is 0 Å². The standard InChI is InChI=1S/C20H25N3O7/c1-29-17-8-3-13(11-18(17)30-2)9-10-21-20(26)22-16(12-24)19(25)14-4-6-15(7-5-14)23(27)28/h3-8,11,16,19,24-25H,9-10,12H2,1-2H3,(H2,21,22,26)/t16-,19+/m0/s1. The van der Waals surface area contributed by atoms with E-state index >= 15 is 0 Å². The van der Waals surface area contributed by atoms with Crippen LogP contribution in [-0.4, -0.2) is 54.6 Å². The number of urea groups is 1. The van der Waals surface area contributed by atoms with Crippen molar-refractivity contribution in [3.8, 4) is 11.5 Å². The maximum Gasteiger partial charge on any atom is 0.315 e. The van der Waals surface area contributed by atoms with E-state index in [0.717, 1.165) is 5.56 Å². The van der Waals surface area contributed by atoms with Gasteiger partial charge in [0, 0.05) is 18.7 Å². The van der Waals surface area contributed by atoms with E-state index in [1.165, 1.54) is 24.3 Å². The Morgan fingerprint density at radius 1 is 1.13 bits per heavy atom. The molecule has 2 aromatic carbocycles. The number of amides is 2. The Hall–Kier alpha value is -3.37. The van der Waals surface area contributed by atoms with Gasteiger partial charge in [-0.1, -0.05) is 6.07 Å². The molecule has 0 aromatic heterocycles. The van der Waals surface area contributed by atoms with Crippen molar-refractivity contribution >= 4 is 11.7 Å². The molecule has 0 heterocycles. The van der Waals surface area contributed by atoms with Crippen LogP contribution >= 0.6 is 0 Å². The van der Waals surface area contributed by atoms with Gasteiger partial charge in [-0.25, -0.2) is 4.79 Å². The van der Waals surface area contributed by atoms with Crippen LogP contribution < -0.4 is 20.1 Å². The van der Waals surface area contributed by atoms with E-state index < -0.39 is 29.7 Å². The van der Waals surface area contributed by atoms with Crippen LogP contribution in [0.1, 0.15) is 17.2 Å². The van der Waals surface area contributed by atoms with Gasteiger partial charge in [0.15, 0.2) is 11.5 Å². The van der Waals surface area contributed by atoms with Crippen molar-refractivity contribution in [2.75, 3.05) is 27.4 Å². The molecular weight excluding hydrogens is 394 g/mol. The number of aliphatic hydroxyl groups is 2. The second kappa shape index (κ2) is 11.0. The van der Waals surface area contributed by atoms with E-state index in [2.05, 4.69) is 10.6 Å². The number of hydrogen-bond donors (Lipinski definition) is 4. The average Bonchev–Trinajstić information content (AvgIpc) is 2.76. The number of carbonyl (C=O) groups is 1. The van der Waals surface area contributed by atoms with Crippen LogP contribution in [0.5, 0.6) is 11.5 Å². The SMILES string of the molecule is COc1ccc(CCNC(=O)N[C@@H](CO)[C@H](O)c2ccc([N+](=O)[O-])cc2)cc1OC. The molecule has 0 saturated heterocycles. The predicted molar refractivity (Wildman–Crippen MR) is 109 cm³/mol. The summed E-state index contributed by atoms with van der Waals surface area (Å²) in [5.41, 5.74) is 1.15. The summed E-state index contributed by atoms with van der Waals surface area (Å²) < 4.78 is 10.4. The van der Waals surface area contributed by atoms with E-state index in [1.54, 1.807) is 20.3 Å². The summed E-state index contributed by atoms with van der Waals surface area (Å²) >= 11 is 0. The van der Waals surface area contributed by atoms with Gasteiger partial charge in [0.25, 0.3) is 5.69 Å². The zero-order valence-electron chi connectivity index (χ0n) is 16.7. The van der Waals surface area contributed by atoms with E-state index in [4.69, 9.17) is 9.47 Å². The van der Waals surface area contributed by atoms with Gasteiger partial charge >= 0.3 is 6.03 Å². The molecular formula is C20H25N3O7. The molecule has 0 radical (unpaired) electrons. The lowest BCUT2D eigenvalue weighted by Gasteiger charge is -2.22. The van der Waals surface area contributed by atoms with Crippen LogP contribution in [0, 0.1) is 10.1 Å². The Morgan fingerprint density at radius 3 is 2.37 bits per heavy atom. The van der Waals surface area contributed by atoms with E-state index in [1.807, 2.05) is 12.1 Å². The summed E-state index contributed by atoms with van der Waals surface area (Å²) in [6.07, 6.45) is -0.699. The van der Waals surface area contributed by atoms with Crippen LogP contribution in [-0.2, 0) is 6.42 Å². The zero-order chi connectivity index (χ0) is 22.1. The molecule has 0 unspecified atom stereocenters. The molecule has 10 nitrogen and oxygen atoms in total. The van der Waals surface area contributed by atoms with Crippen LogP contribution in [0.2, 0.25) is 0 Å². The number of nitrogens with zero attached hydrogens (tertiary/aromatic N) is 1. The minimum Gasteiger partial charge on any atom is -0.493 e. The normalized spacial score (nSPS) is 12.5. The summed E-state index contributed by atoms with van der Waals surface area (Å²) in [6.45, 7) is -0.200. The van der Waals surface area contributed by atoms with Gasteiger partial charge in [-0.15, -0.1) is 0 Å². The van der Waals surface area contributed by atoms with Gasteiger partial charge < -0.3 is 30.3 Å². The van der Waals surface area contributed by atoms with Gasteiger partial charge in [0.1, 0.15) is 6.10 Å². The third kappa shape index (κ3) is 6.06. The number of rotatable bonds is 10. The molecule has 0 bridgehead atoms. The largest absolute Gasteiger partial charge is 0.493 e. The fourth-order valence-electron chi connectivity index (χ4n) is 2.83. The maximum absolute atomic E-state index is 12.1. The number of carbonyl (C=O) groups excluding carboxylic acids is 1. The molecule has 162 valence electrons. The minimum atomic E-state index is -1.23. The highest BCUT2D eigenvalue weighted by molar-refractivity contribution is 5.74. The fraction of sp³-hybridized carbons (Fsp3) is 0.350. The highest BCUT2D eigenvalue weighted by atomic mass is 16.6. The lowest BCUT2D eigenvalue weighted by atomic mass is 10.0. The highest BCUT2D eigenvalue weighted by Gasteiger charge is 2.22. The number of methoxy groups -OCH3 is 2. The van der Waals surface area contributed by atoms with Gasteiger partial charge in [0.2, 0.25) is 0 Å². The lowest BCUT2D eigenvalue weighted by Crippen LogP contribution is -2.47. The van der Waals surface area contributed by atoms with Crippen molar-refractivity contribution < 1.29 is 29.4 Å². The lowest BCUT2D eigenvalue weighted by molar-refractivity contribution is -0.384. The summed E-state index contributed by atoms with van der Waals surface area (Å²) in [4.78, 5) is 22.3. The van der Waals surface area contributed by atoms with Crippen LogP contribution in [0.25, 0.3) is 0 Å². The topological polar surface area (TPSA) is 143 Å². The first kappa shape index (κ1) is 22.9. The average molecular weight is 419 g/mol. The Balaban J connectivity index is 1.88. The zero-order valence-corrected chi connectivity index (χ0v) is 16.7. The molecule has 2 amide bonds. The quantitative estimate of drug-likeness (QED) is 0.338. The van der Waals surface area contributed by atoms with Crippen molar-refractivity contribution in [1.29, 1.82) is 0 Å². The minimum absolute atomic E-state index is 0.118. The summed E-state index contributed by atoms with van der Waals surface area (Å²) in [5.74, 6) is 1.20. The fourth-order valence-corrected chi connectivity index (χ4v) is 2.83. The Labute approximate surface area is 173 Å². The maximum atomic E-state index is 12.1. The number of nitro groups is 1. The molecule has 0 spiro atoms. The van der Waals surface area contributed by atoms with Crippen LogP contribution in [0.4, 0.5) is 10.5 Å². The first-order valence-corrected chi connectivity index (χ1v) is 9.18. The summed E-state index contributed by atoms with van der Waals surface area (Å²) in [6, 6.07) is 9.15. The molecule has 0 fully saturated rings. The number of nitro benzene ring substituents is 1. The molecule has 2 atom stereocenters. The Kier molecular flexibility index (Phi) is 8.39. The summed E-state index contributed by atoms with van der Waals surface area (Å²) in [7, 11) is 3.09. The second-order valence-electron chi connectivity index (χ2n) is 6.42. The monoisotopic (exact) mass is 419 g/mol. The molecule has 0 aliphatic carbocycles. The van der Waals surface area contributed by atoms with Crippen molar-refractivity contribution in [2.24, 2.45) is 0 Å². The first-order chi connectivity index (χ1) is 14.4. The number of aliphatic hydroxyl groups excluding tert-OH is 2. The molecule has 10 heteroatoms. The number of non-ortho nitro benzene ring substituents is 1. The van der Waals surface area contributed by atoms with Gasteiger partial charge in [-0.2, -0.15) is 0 Å². The van der Waals surface area contributed by atoms with Gasteiger partial charge in [0.05, 0.1) is 31.8 Å². The molecule has 30 heavy (non-hydrogen) atoms. The Morgan fingerprint density at radius 2 is 1.80 bits per heavy atom. The van der Waals surface area contributed by atoms with Crippen molar-refractivity contribution in [1.82, 2.24) is 10.6 Å². The van der Waals surface area contributed by atoms with Gasteiger partial charge in [-0.3, -0.25) is 10.1 Å². The van der Waals surface area contributed by atoms with E-state index in [9.17, 15) is 25.1 Å². The van der Waals surface area contributed by atoms with Gasteiger partial charge in [-0.05, 0) is 41.8 Å². The van der Waals surface area contributed by atoms with E-state index in [-0.39, 0.29) is 5.69 Å². The Bertz CT molecular complexity index is 858. The molecule has 0 aliphatic heterocycles. The predicted octanol–water partition coefficient (Wildman–Crippen LogP) is 1.55. The van der Waals surface area contributed by atoms with Crippen molar-refractivity contribution in [3.05, 3.63) is 63.7 Å². The molecule has 2 rings (SSSR count). The second-order valence-corrected chi connectivity index (χ2v) is 6.42. The smallest absolute Gasteiger partial charge is 0.315 e. The molecule has 2 aromatic rings. The molecule has 0 aliphatic rings. The molecule has 0 saturated carbocycles. The third-order valence-corrected chi connectivity index (χ3v) is 4.49. The molecule has 4 N–H and O–H groups in total. The summed E-state index contributed by atoms with van der Waals surface area (Å²) in [5, 5.41) is 35.8. The van der Waals surface area contributed by atoms with Crippen LogP contribution in [0.3, 0.4) is 0 Å². The van der Waals surface area contributed by atoms with E-state index in [0.29, 0.717) is 30.0 Å². The number of ether oxygens (including phenoxy) is 2.